The smallest absolute Gasteiger partial charge is 0.344 e. The summed E-state index contributed by atoms with van der Waals surface area (Å²) in [7, 11) is 0. The fourth-order valence-corrected chi connectivity index (χ4v) is 2.60. The van der Waals surface area contributed by atoms with Crippen LogP contribution in [-0.2, 0) is 0 Å². The Morgan fingerprint density at radius 1 is 1.04 bits per heavy atom. The van der Waals surface area contributed by atoms with Gasteiger partial charge in [0.05, 0.1) is 22.8 Å². The summed E-state index contributed by atoms with van der Waals surface area (Å²) in [5.41, 5.74) is 0.518. The number of nitrogens with zero attached hydrogens (tertiary/aromatic N) is 1. The highest BCUT2D eigenvalue weighted by molar-refractivity contribution is 6.04. The zero-order valence-corrected chi connectivity index (χ0v) is 12.8. The predicted octanol–water partition coefficient (Wildman–Crippen LogP) is 3.73. The Bertz CT molecular complexity index is 1180. The number of amides is 1. The summed E-state index contributed by atoms with van der Waals surface area (Å²) >= 11 is 0. The molecule has 2 aromatic heterocycles. The van der Waals surface area contributed by atoms with Crippen molar-refractivity contribution in [2.45, 2.75) is 0 Å². The molecule has 0 aliphatic heterocycles. The monoisotopic (exact) mass is 334 g/mol. The number of hydrogen-bond acceptors (Lipinski definition) is 4. The highest BCUT2D eigenvalue weighted by Gasteiger charge is 2.13. The van der Waals surface area contributed by atoms with Gasteiger partial charge in [0.1, 0.15) is 5.82 Å². The highest BCUT2D eigenvalue weighted by Crippen LogP contribution is 2.18. The number of aromatic nitrogens is 1. The lowest BCUT2D eigenvalue weighted by atomic mass is 10.1. The van der Waals surface area contributed by atoms with Crippen molar-refractivity contribution in [3.8, 4) is 0 Å². The van der Waals surface area contributed by atoms with Gasteiger partial charge in [-0.2, -0.15) is 0 Å². The average molecular weight is 334 g/mol. The van der Waals surface area contributed by atoms with E-state index in [1.165, 1.54) is 24.4 Å². The molecule has 0 aliphatic carbocycles. The van der Waals surface area contributed by atoms with Crippen molar-refractivity contribution >= 4 is 33.3 Å². The third-order valence-corrected chi connectivity index (χ3v) is 3.80. The average Bonchev–Trinajstić information content (AvgIpc) is 2.62. The van der Waals surface area contributed by atoms with E-state index in [0.717, 1.165) is 17.0 Å². The van der Waals surface area contributed by atoms with E-state index in [1.54, 1.807) is 6.07 Å². The molecule has 25 heavy (non-hydrogen) atoms. The number of rotatable bonds is 2. The summed E-state index contributed by atoms with van der Waals surface area (Å²) < 4.78 is 18.2. The van der Waals surface area contributed by atoms with Gasteiger partial charge in [-0.3, -0.25) is 9.78 Å². The molecule has 0 unspecified atom stereocenters. The second kappa shape index (κ2) is 5.83. The number of pyridine rings is 1. The van der Waals surface area contributed by atoms with Crippen LogP contribution in [-0.4, -0.2) is 10.9 Å². The van der Waals surface area contributed by atoms with E-state index in [4.69, 9.17) is 4.42 Å². The molecule has 1 N–H and O–H groups in total. The molecule has 0 radical (unpaired) electrons. The lowest BCUT2D eigenvalue weighted by Crippen LogP contribution is -2.15. The molecule has 0 atom stereocenters. The molecule has 2 heterocycles. The van der Waals surface area contributed by atoms with Crippen molar-refractivity contribution in [3.63, 3.8) is 0 Å². The second-order valence-corrected chi connectivity index (χ2v) is 5.50. The van der Waals surface area contributed by atoms with Gasteiger partial charge in [0.2, 0.25) is 0 Å². The van der Waals surface area contributed by atoms with Crippen LogP contribution in [0.25, 0.3) is 21.7 Å². The lowest BCUT2D eigenvalue weighted by Gasteiger charge is -2.06. The highest BCUT2D eigenvalue weighted by atomic mass is 19.1. The molecule has 0 bridgehead atoms. The third-order valence-electron chi connectivity index (χ3n) is 3.80. The fraction of sp³-hybridized carbons (Fsp3) is 0. The maximum absolute atomic E-state index is 13.2. The van der Waals surface area contributed by atoms with Crippen LogP contribution in [0.4, 0.5) is 10.1 Å². The largest absolute Gasteiger partial charge is 0.417 e. The Kier molecular flexibility index (Phi) is 3.50. The van der Waals surface area contributed by atoms with Crippen molar-refractivity contribution in [2.24, 2.45) is 0 Å². The molecule has 122 valence electrons. The number of nitrogens with one attached hydrogen (secondary N) is 1. The van der Waals surface area contributed by atoms with Crippen LogP contribution in [0.2, 0.25) is 0 Å². The van der Waals surface area contributed by atoms with E-state index in [2.05, 4.69) is 10.3 Å². The Hall–Kier alpha value is -3.54. The van der Waals surface area contributed by atoms with Crippen molar-refractivity contribution in [3.05, 3.63) is 82.8 Å². The standard InChI is InChI=1S/C19H11FN2O3/c20-13-6-5-11-8-17(25-19(24)15(11)9-13)18(23)22-14-7-12-3-1-2-4-16(12)21-10-14/h1-10H,(H,22,23). The molecule has 5 nitrogen and oxygen atoms in total. The van der Waals surface area contributed by atoms with Gasteiger partial charge >= 0.3 is 5.63 Å². The number of para-hydroxylation sites is 1. The van der Waals surface area contributed by atoms with Crippen molar-refractivity contribution in [1.29, 1.82) is 0 Å². The minimum Gasteiger partial charge on any atom is -0.417 e. The summed E-state index contributed by atoms with van der Waals surface area (Å²) in [6.45, 7) is 0. The molecular formula is C19H11FN2O3. The van der Waals surface area contributed by atoms with E-state index < -0.39 is 17.3 Å². The van der Waals surface area contributed by atoms with Gasteiger partial charge < -0.3 is 9.73 Å². The molecule has 6 heteroatoms. The predicted molar refractivity (Wildman–Crippen MR) is 92.1 cm³/mol. The Balaban J connectivity index is 1.69. The van der Waals surface area contributed by atoms with Gasteiger partial charge in [0.25, 0.3) is 5.91 Å². The zero-order chi connectivity index (χ0) is 17.4. The molecule has 4 rings (SSSR count). The molecule has 0 fully saturated rings. The number of hydrogen-bond donors (Lipinski definition) is 1. The van der Waals surface area contributed by atoms with E-state index in [-0.39, 0.29) is 11.1 Å². The van der Waals surface area contributed by atoms with Crippen LogP contribution >= 0.6 is 0 Å². The van der Waals surface area contributed by atoms with E-state index >= 15 is 0 Å². The van der Waals surface area contributed by atoms with Crippen LogP contribution in [0.5, 0.6) is 0 Å². The van der Waals surface area contributed by atoms with E-state index in [9.17, 15) is 14.0 Å². The maximum atomic E-state index is 13.2. The molecule has 4 aromatic rings. The Morgan fingerprint density at radius 2 is 1.88 bits per heavy atom. The van der Waals surface area contributed by atoms with Gasteiger partial charge in [-0.15, -0.1) is 0 Å². The van der Waals surface area contributed by atoms with Crippen LogP contribution in [0.15, 0.2) is 70.0 Å². The molecular weight excluding hydrogens is 323 g/mol. The zero-order valence-electron chi connectivity index (χ0n) is 12.8. The molecule has 0 saturated heterocycles. The van der Waals surface area contributed by atoms with Crippen molar-refractivity contribution in [2.75, 3.05) is 5.32 Å². The van der Waals surface area contributed by atoms with E-state index in [1.807, 2.05) is 24.3 Å². The summed E-state index contributed by atoms with van der Waals surface area (Å²) in [6.07, 6.45) is 1.52. The number of carbonyl (C=O) groups excluding carboxylic acids is 1. The molecule has 2 aromatic carbocycles. The molecule has 0 spiro atoms. The minimum absolute atomic E-state index is 0.0870. The summed E-state index contributed by atoms with van der Waals surface area (Å²) in [5.74, 6) is -1.28. The van der Waals surface area contributed by atoms with Gasteiger partial charge in [-0.25, -0.2) is 9.18 Å². The van der Waals surface area contributed by atoms with Gasteiger partial charge in [0.15, 0.2) is 5.76 Å². The maximum Gasteiger partial charge on any atom is 0.344 e. The molecule has 1 amide bonds. The Labute approximate surface area is 140 Å². The summed E-state index contributed by atoms with van der Waals surface area (Å²) in [4.78, 5) is 28.6. The van der Waals surface area contributed by atoms with Gasteiger partial charge in [-0.05, 0) is 35.7 Å². The number of benzene rings is 2. The summed E-state index contributed by atoms with van der Waals surface area (Å²) in [5, 5.41) is 4.03. The first-order valence-corrected chi connectivity index (χ1v) is 7.50. The number of fused-ring (bicyclic) bond motifs is 2. The van der Waals surface area contributed by atoms with Crippen LogP contribution in [0, 0.1) is 5.82 Å². The van der Waals surface area contributed by atoms with Gasteiger partial charge in [0, 0.05) is 5.39 Å². The number of anilines is 1. The fourth-order valence-electron chi connectivity index (χ4n) is 2.60. The first kappa shape index (κ1) is 15.0. The topological polar surface area (TPSA) is 72.2 Å². The first-order valence-electron chi connectivity index (χ1n) is 7.50. The van der Waals surface area contributed by atoms with Gasteiger partial charge in [-0.1, -0.05) is 24.3 Å². The van der Waals surface area contributed by atoms with E-state index in [0.29, 0.717) is 11.1 Å². The number of carbonyl (C=O) groups is 1. The molecule has 0 aliphatic rings. The number of halogens is 1. The van der Waals surface area contributed by atoms with Crippen molar-refractivity contribution < 1.29 is 13.6 Å². The minimum atomic E-state index is -0.765. The SMILES string of the molecule is O=C(Nc1cnc2ccccc2c1)c1cc2ccc(F)cc2c(=O)o1. The van der Waals surface area contributed by atoms with Crippen LogP contribution in [0.1, 0.15) is 10.6 Å². The molecule has 0 saturated carbocycles. The second-order valence-electron chi connectivity index (χ2n) is 5.50. The van der Waals surface area contributed by atoms with Crippen LogP contribution < -0.4 is 10.9 Å². The Morgan fingerprint density at radius 3 is 2.76 bits per heavy atom. The summed E-state index contributed by atoms with van der Waals surface area (Å²) in [6, 6.07) is 14.4. The lowest BCUT2D eigenvalue weighted by molar-refractivity contribution is 0.0993. The first-order chi connectivity index (χ1) is 12.1. The van der Waals surface area contributed by atoms with Crippen LogP contribution in [0.3, 0.4) is 0 Å². The normalized spacial score (nSPS) is 10.9. The quantitative estimate of drug-likeness (QED) is 0.606. The third kappa shape index (κ3) is 2.85. The van der Waals surface area contributed by atoms with Crippen molar-refractivity contribution in [1.82, 2.24) is 4.98 Å².